The second-order valence-electron chi connectivity index (χ2n) is 5.01. The molecule has 0 spiro atoms. The zero-order valence-corrected chi connectivity index (χ0v) is 11.5. The van der Waals surface area contributed by atoms with E-state index in [0.29, 0.717) is 0 Å². The van der Waals surface area contributed by atoms with Crippen LogP contribution >= 0.6 is 0 Å². The molecule has 0 atom stereocenters. The Labute approximate surface area is 108 Å². The van der Waals surface area contributed by atoms with Crippen molar-refractivity contribution in [2.75, 3.05) is 45.4 Å². The van der Waals surface area contributed by atoms with Gasteiger partial charge in [-0.15, -0.1) is 0 Å². The van der Waals surface area contributed by atoms with Crippen LogP contribution in [0.5, 0.6) is 0 Å². The summed E-state index contributed by atoms with van der Waals surface area (Å²) in [5, 5.41) is 0. The highest BCUT2D eigenvalue weighted by molar-refractivity contribution is 5.82. The maximum Gasteiger partial charge on any atom is 0.206 e. The minimum absolute atomic E-state index is 0.777. The molecule has 2 N–H and O–H groups in total. The monoisotopic (exact) mass is 247 g/mol. The van der Waals surface area contributed by atoms with Crippen molar-refractivity contribution in [3.05, 3.63) is 18.2 Å². The first-order valence-corrected chi connectivity index (χ1v) is 6.07. The highest BCUT2D eigenvalue weighted by Gasteiger charge is 2.12. The van der Waals surface area contributed by atoms with Gasteiger partial charge in [-0.2, -0.15) is 0 Å². The van der Waals surface area contributed by atoms with Crippen molar-refractivity contribution in [3.63, 3.8) is 0 Å². The lowest BCUT2D eigenvalue weighted by Gasteiger charge is -2.17. The molecule has 0 aliphatic carbocycles. The van der Waals surface area contributed by atoms with Crippen LogP contribution < -0.4 is 10.6 Å². The number of nitrogens with two attached hydrogens (primary N) is 1. The average molecular weight is 247 g/mol. The summed E-state index contributed by atoms with van der Waals surface area (Å²) in [7, 11) is 8.17. The third-order valence-corrected chi connectivity index (χ3v) is 2.92. The molecule has 0 amide bonds. The Hall–Kier alpha value is -1.75. The van der Waals surface area contributed by atoms with Gasteiger partial charge in [-0.05, 0) is 32.3 Å². The maximum atomic E-state index is 5.87. The van der Waals surface area contributed by atoms with Crippen molar-refractivity contribution in [1.29, 1.82) is 0 Å². The van der Waals surface area contributed by atoms with Crippen molar-refractivity contribution in [2.45, 2.75) is 6.54 Å². The Morgan fingerprint density at radius 1 is 1.22 bits per heavy atom. The number of anilines is 2. The first-order chi connectivity index (χ1) is 8.49. The molecule has 1 aromatic heterocycles. The van der Waals surface area contributed by atoms with E-state index in [4.69, 9.17) is 5.73 Å². The van der Waals surface area contributed by atoms with Crippen molar-refractivity contribution in [3.8, 4) is 0 Å². The van der Waals surface area contributed by atoms with Crippen LogP contribution in [0.2, 0.25) is 0 Å². The topological polar surface area (TPSA) is 50.3 Å². The van der Waals surface area contributed by atoms with Crippen molar-refractivity contribution >= 4 is 22.7 Å². The fourth-order valence-electron chi connectivity index (χ4n) is 1.99. The number of nitrogens with zero attached hydrogens (tertiary/aromatic N) is 4. The third-order valence-electron chi connectivity index (χ3n) is 2.92. The summed E-state index contributed by atoms with van der Waals surface area (Å²) in [4.78, 5) is 8.84. The highest BCUT2D eigenvalue weighted by atomic mass is 15.3. The minimum Gasteiger partial charge on any atom is -0.399 e. The van der Waals surface area contributed by atoms with Gasteiger partial charge in [0.1, 0.15) is 0 Å². The Kier molecular flexibility index (Phi) is 3.43. The molecule has 2 aromatic rings. The van der Waals surface area contributed by atoms with Crippen molar-refractivity contribution in [1.82, 2.24) is 14.5 Å². The van der Waals surface area contributed by atoms with Gasteiger partial charge in [-0.25, -0.2) is 4.98 Å². The number of aromatic nitrogens is 2. The molecule has 1 heterocycles. The molecule has 0 unspecified atom stereocenters. The van der Waals surface area contributed by atoms with Gasteiger partial charge in [-0.1, -0.05) is 0 Å². The standard InChI is InChI=1S/C13H21N5/c1-16(2)7-8-18-12-9-10(14)5-6-11(12)15-13(18)17(3)4/h5-6,9H,7-8,14H2,1-4H3. The van der Waals surface area contributed by atoms with Crippen molar-refractivity contribution < 1.29 is 0 Å². The van der Waals surface area contributed by atoms with E-state index < -0.39 is 0 Å². The van der Waals surface area contributed by atoms with Gasteiger partial charge < -0.3 is 20.1 Å². The molecule has 18 heavy (non-hydrogen) atoms. The number of nitrogen functional groups attached to an aromatic ring is 1. The van der Waals surface area contributed by atoms with Crippen LogP contribution in [0, 0.1) is 0 Å². The fraction of sp³-hybridized carbons (Fsp3) is 0.462. The predicted octanol–water partition coefficient (Wildman–Crippen LogP) is 1.25. The lowest BCUT2D eigenvalue weighted by molar-refractivity contribution is 0.387. The van der Waals surface area contributed by atoms with Crippen LogP contribution in [0.1, 0.15) is 0 Å². The van der Waals surface area contributed by atoms with E-state index in [-0.39, 0.29) is 0 Å². The fourth-order valence-corrected chi connectivity index (χ4v) is 1.99. The van der Waals surface area contributed by atoms with Gasteiger partial charge >= 0.3 is 0 Å². The molecule has 0 fully saturated rings. The van der Waals surface area contributed by atoms with Crippen LogP contribution in [-0.2, 0) is 6.54 Å². The average Bonchev–Trinajstić information content (AvgIpc) is 2.64. The van der Waals surface area contributed by atoms with E-state index in [1.54, 1.807) is 0 Å². The highest BCUT2D eigenvalue weighted by Crippen LogP contribution is 2.23. The van der Waals surface area contributed by atoms with Crippen LogP contribution in [0.25, 0.3) is 11.0 Å². The smallest absolute Gasteiger partial charge is 0.206 e. The van der Waals surface area contributed by atoms with Crippen molar-refractivity contribution in [2.24, 2.45) is 0 Å². The Balaban J connectivity index is 2.50. The quantitative estimate of drug-likeness (QED) is 0.826. The Bertz CT molecular complexity index is 542. The van der Waals surface area contributed by atoms with E-state index in [9.17, 15) is 0 Å². The molecule has 0 saturated carbocycles. The van der Waals surface area contributed by atoms with E-state index in [0.717, 1.165) is 35.8 Å². The summed E-state index contributed by atoms with van der Waals surface area (Å²) in [6, 6.07) is 5.86. The maximum absolute atomic E-state index is 5.87. The van der Waals surface area contributed by atoms with Crippen LogP contribution in [-0.4, -0.2) is 49.2 Å². The zero-order valence-electron chi connectivity index (χ0n) is 11.5. The molecular formula is C13H21N5. The number of rotatable bonds is 4. The SMILES string of the molecule is CN(C)CCn1c(N(C)C)nc2ccc(N)cc21. The van der Waals surface area contributed by atoms with Gasteiger partial charge in [0.25, 0.3) is 0 Å². The van der Waals surface area contributed by atoms with Gasteiger partial charge in [0.05, 0.1) is 11.0 Å². The lowest BCUT2D eigenvalue weighted by atomic mass is 10.3. The molecule has 2 rings (SSSR count). The number of fused-ring (bicyclic) bond motifs is 1. The molecular weight excluding hydrogens is 226 g/mol. The molecule has 98 valence electrons. The minimum atomic E-state index is 0.777. The van der Waals surface area contributed by atoms with Gasteiger partial charge in [0.2, 0.25) is 5.95 Å². The first-order valence-electron chi connectivity index (χ1n) is 6.07. The molecule has 1 aromatic carbocycles. The van der Waals surface area contributed by atoms with Gasteiger partial charge in [0, 0.05) is 32.9 Å². The summed E-state index contributed by atoms with van der Waals surface area (Å²) in [6.07, 6.45) is 0. The molecule has 0 radical (unpaired) electrons. The molecule has 0 saturated heterocycles. The first kappa shape index (κ1) is 12.7. The molecule has 0 bridgehead atoms. The molecule has 5 nitrogen and oxygen atoms in total. The summed E-state index contributed by atoms with van der Waals surface area (Å²) in [5.74, 6) is 0.970. The largest absolute Gasteiger partial charge is 0.399 e. The lowest BCUT2D eigenvalue weighted by Crippen LogP contribution is -2.22. The third kappa shape index (κ3) is 2.41. The van der Waals surface area contributed by atoms with Crippen LogP contribution in [0.15, 0.2) is 18.2 Å². The van der Waals surface area contributed by atoms with E-state index in [1.165, 1.54) is 0 Å². The second-order valence-corrected chi connectivity index (χ2v) is 5.01. The molecule has 5 heteroatoms. The Morgan fingerprint density at radius 2 is 1.94 bits per heavy atom. The number of hydrogen-bond donors (Lipinski definition) is 1. The summed E-state index contributed by atoms with van der Waals surface area (Å²) in [5.41, 5.74) is 8.74. The van der Waals surface area contributed by atoms with E-state index >= 15 is 0 Å². The number of likely N-dealkylation sites (N-methyl/N-ethyl adjacent to an activating group) is 1. The number of benzene rings is 1. The second kappa shape index (κ2) is 4.86. The van der Waals surface area contributed by atoms with Gasteiger partial charge in [0.15, 0.2) is 0 Å². The summed E-state index contributed by atoms with van der Waals surface area (Å²) < 4.78 is 2.21. The van der Waals surface area contributed by atoms with E-state index in [2.05, 4.69) is 28.5 Å². The number of hydrogen-bond acceptors (Lipinski definition) is 4. The molecule has 0 aliphatic rings. The van der Waals surface area contributed by atoms with Crippen LogP contribution in [0.3, 0.4) is 0 Å². The summed E-state index contributed by atoms with van der Waals surface area (Å²) in [6.45, 7) is 1.88. The van der Waals surface area contributed by atoms with E-state index in [1.807, 2.05) is 37.2 Å². The molecule has 0 aliphatic heterocycles. The van der Waals surface area contributed by atoms with Gasteiger partial charge in [-0.3, -0.25) is 0 Å². The van der Waals surface area contributed by atoms with Crippen LogP contribution in [0.4, 0.5) is 11.6 Å². The predicted molar refractivity (Wildman–Crippen MR) is 77.0 cm³/mol. The zero-order chi connectivity index (χ0) is 13.3. The Morgan fingerprint density at radius 3 is 2.56 bits per heavy atom. The summed E-state index contributed by atoms with van der Waals surface area (Å²) >= 11 is 0. The normalized spacial score (nSPS) is 11.4. The number of imidazole rings is 1.